The van der Waals surface area contributed by atoms with Crippen molar-refractivity contribution in [3.63, 3.8) is 0 Å². The fourth-order valence-electron chi connectivity index (χ4n) is 2.85. The van der Waals surface area contributed by atoms with Crippen LogP contribution in [0.1, 0.15) is 5.56 Å². The van der Waals surface area contributed by atoms with Gasteiger partial charge < -0.3 is 9.47 Å². The van der Waals surface area contributed by atoms with Crippen LogP contribution in [-0.2, 0) is 5.75 Å². The van der Waals surface area contributed by atoms with Crippen LogP contribution in [0.15, 0.2) is 46.9 Å². The van der Waals surface area contributed by atoms with Crippen LogP contribution in [0.5, 0.6) is 11.5 Å². The minimum Gasteiger partial charge on any atom is -0.454 e. The van der Waals surface area contributed by atoms with Crippen molar-refractivity contribution in [3.8, 4) is 22.8 Å². The maximum atomic E-state index is 14.2. The zero-order valence-electron chi connectivity index (χ0n) is 13.7. The SMILES string of the molecule is Fc1ccc(-c2csc3nnc(SCc4ccc5c(c4)OCO5)n23)c(F)c1. The summed E-state index contributed by atoms with van der Waals surface area (Å²) in [5.74, 6) is 0.877. The monoisotopic (exact) mass is 403 g/mol. The van der Waals surface area contributed by atoms with E-state index < -0.39 is 11.6 Å². The number of fused-ring (bicyclic) bond motifs is 2. The molecule has 9 heteroatoms. The van der Waals surface area contributed by atoms with Crippen molar-refractivity contribution in [2.75, 3.05) is 6.79 Å². The first-order valence-corrected chi connectivity index (χ1v) is 9.85. The minimum absolute atomic E-state index is 0.234. The second-order valence-corrected chi connectivity index (χ2v) is 7.60. The summed E-state index contributed by atoms with van der Waals surface area (Å²) in [7, 11) is 0. The molecular formula is C18H11F2N3O2S2. The summed E-state index contributed by atoms with van der Waals surface area (Å²) in [5.41, 5.74) is 1.96. The first-order valence-electron chi connectivity index (χ1n) is 7.98. The van der Waals surface area contributed by atoms with E-state index in [1.54, 1.807) is 9.78 Å². The molecule has 0 N–H and O–H groups in total. The highest BCUT2D eigenvalue weighted by atomic mass is 32.2. The van der Waals surface area contributed by atoms with Gasteiger partial charge in [-0.25, -0.2) is 8.78 Å². The number of thioether (sulfide) groups is 1. The lowest BCUT2D eigenvalue weighted by Crippen LogP contribution is -1.93. The van der Waals surface area contributed by atoms with Crippen molar-refractivity contribution in [3.05, 3.63) is 59.0 Å². The number of thiazole rings is 1. The molecule has 0 bridgehead atoms. The third kappa shape index (κ3) is 2.92. The molecule has 0 amide bonds. The highest BCUT2D eigenvalue weighted by Crippen LogP contribution is 2.36. The van der Waals surface area contributed by atoms with E-state index >= 15 is 0 Å². The normalized spacial score (nSPS) is 12.8. The third-order valence-electron chi connectivity index (χ3n) is 4.13. The lowest BCUT2D eigenvalue weighted by atomic mass is 10.1. The van der Waals surface area contributed by atoms with E-state index in [4.69, 9.17) is 9.47 Å². The molecule has 27 heavy (non-hydrogen) atoms. The van der Waals surface area contributed by atoms with Crippen LogP contribution < -0.4 is 9.47 Å². The predicted octanol–water partition coefficient (Wildman–Crippen LogP) is 4.76. The zero-order valence-corrected chi connectivity index (χ0v) is 15.3. The number of hydrogen-bond donors (Lipinski definition) is 0. The maximum Gasteiger partial charge on any atom is 0.231 e. The molecule has 0 saturated heterocycles. The second kappa shape index (κ2) is 6.50. The van der Waals surface area contributed by atoms with Gasteiger partial charge in [-0.2, -0.15) is 0 Å². The summed E-state index contributed by atoms with van der Waals surface area (Å²) in [5, 5.41) is 10.8. The third-order valence-corrected chi connectivity index (χ3v) is 5.95. The molecular weight excluding hydrogens is 392 g/mol. The van der Waals surface area contributed by atoms with E-state index in [0.717, 1.165) is 23.1 Å². The van der Waals surface area contributed by atoms with Crippen LogP contribution in [0.25, 0.3) is 16.2 Å². The Bertz CT molecular complexity index is 1160. The van der Waals surface area contributed by atoms with Crippen molar-refractivity contribution in [1.29, 1.82) is 0 Å². The van der Waals surface area contributed by atoms with Crippen molar-refractivity contribution in [1.82, 2.24) is 14.6 Å². The van der Waals surface area contributed by atoms with Crippen molar-refractivity contribution >= 4 is 28.1 Å². The highest BCUT2D eigenvalue weighted by Gasteiger charge is 2.18. The molecule has 5 rings (SSSR count). The molecule has 0 saturated carbocycles. The van der Waals surface area contributed by atoms with Crippen LogP contribution in [-0.4, -0.2) is 21.4 Å². The molecule has 2 aromatic carbocycles. The zero-order chi connectivity index (χ0) is 18.4. The van der Waals surface area contributed by atoms with Gasteiger partial charge in [-0.1, -0.05) is 17.8 Å². The Morgan fingerprint density at radius 2 is 1.96 bits per heavy atom. The van der Waals surface area contributed by atoms with Gasteiger partial charge in [0.1, 0.15) is 11.6 Å². The molecule has 0 fully saturated rings. The number of nitrogens with zero attached hydrogens (tertiary/aromatic N) is 3. The fourth-order valence-corrected chi connectivity index (χ4v) is 4.63. The number of aromatic nitrogens is 3. The molecule has 0 spiro atoms. The van der Waals surface area contributed by atoms with E-state index in [1.807, 2.05) is 18.2 Å². The molecule has 2 aromatic heterocycles. The molecule has 1 aliphatic heterocycles. The van der Waals surface area contributed by atoms with Crippen LogP contribution >= 0.6 is 23.1 Å². The topological polar surface area (TPSA) is 48.7 Å². The number of hydrogen-bond acceptors (Lipinski definition) is 6. The number of rotatable bonds is 4. The van der Waals surface area contributed by atoms with Gasteiger partial charge in [-0.05, 0) is 29.8 Å². The van der Waals surface area contributed by atoms with Gasteiger partial charge in [-0.3, -0.25) is 4.40 Å². The van der Waals surface area contributed by atoms with Crippen LogP contribution in [0.3, 0.4) is 0 Å². The average molecular weight is 403 g/mol. The summed E-state index contributed by atoms with van der Waals surface area (Å²) in [6.45, 7) is 0.234. The lowest BCUT2D eigenvalue weighted by molar-refractivity contribution is 0.174. The molecule has 0 atom stereocenters. The van der Waals surface area contributed by atoms with Crippen molar-refractivity contribution < 1.29 is 18.3 Å². The summed E-state index contributed by atoms with van der Waals surface area (Å²) in [6.07, 6.45) is 0. The lowest BCUT2D eigenvalue weighted by Gasteiger charge is -2.05. The standard InChI is InChI=1S/C18H11F2N3O2S2/c19-11-2-3-12(13(20)6-11)14-8-27-18-22-21-17(23(14)18)26-7-10-1-4-15-16(5-10)25-9-24-15/h1-6,8H,7,9H2. The molecule has 3 heterocycles. The van der Waals surface area contributed by atoms with E-state index in [2.05, 4.69) is 10.2 Å². The quantitative estimate of drug-likeness (QED) is 0.460. The fraction of sp³-hybridized carbons (Fsp3) is 0.111. The molecule has 1 aliphatic rings. The van der Waals surface area contributed by atoms with Gasteiger partial charge in [-0.15, -0.1) is 21.5 Å². The van der Waals surface area contributed by atoms with Crippen molar-refractivity contribution in [2.45, 2.75) is 10.9 Å². The van der Waals surface area contributed by atoms with Crippen LogP contribution in [0.4, 0.5) is 8.78 Å². The number of ether oxygens (including phenoxy) is 2. The number of halogens is 2. The summed E-state index contributed by atoms with van der Waals surface area (Å²) in [6, 6.07) is 9.32. The first kappa shape index (κ1) is 16.5. The number of benzene rings is 2. The summed E-state index contributed by atoms with van der Waals surface area (Å²) >= 11 is 2.84. The molecule has 0 radical (unpaired) electrons. The highest BCUT2D eigenvalue weighted by molar-refractivity contribution is 7.98. The van der Waals surface area contributed by atoms with Gasteiger partial charge in [0.2, 0.25) is 11.8 Å². The Morgan fingerprint density at radius 3 is 2.85 bits per heavy atom. The predicted molar refractivity (Wildman–Crippen MR) is 98.3 cm³/mol. The average Bonchev–Trinajstić information content (AvgIpc) is 3.36. The summed E-state index contributed by atoms with van der Waals surface area (Å²) < 4.78 is 40.0. The van der Waals surface area contributed by atoms with E-state index in [0.29, 0.717) is 27.1 Å². The second-order valence-electron chi connectivity index (χ2n) is 5.82. The van der Waals surface area contributed by atoms with Gasteiger partial charge in [0, 0.05) is 22.8 Å². The maximum absolute atomic E-state index is 14.2. The largest absolute Gasteiger partial charge is 0.454 e. The van der Waals surface area contributed by atoms with Crippen LogP contribution in [0, 0.1) is 11.6 Å². The van der Waals surface area contributed by atoms with Crippen molar-refractivity contribution in [2.24, 2.45) is 0 Å². The minimum atomic E-state index is -0.616. The van der Waals surface area contributed by atoms with E-state index in [9.17, 15) is 8.78 Å². The van der Waals surface area contributed by atoms with Gasteiger partial charge in [0.05, 0.1) is 5.69 Å². The van der Waals surface area contributed by atoms with Crippen LogP contribution in [0.2, 0.25) is 0 Å². The Labute approximate surface area is 160 Å². The molecule has 4 aromatic rings. The molecule has 5 nitrogen and oxygen atoms in total. The van der Waals surface area contributed by atoms with E-state index in [-0.39, 0.29) is 6.79 Å². The Hall–Kier alpha value is -2.65. The summed E-state index contributed by atoms with van der Waals surface area (Å²) in [4.78, 5) is 0.655. The van der Waals surface area contributed by atoms with Gasteiger partial charge in [0.15, 0.2) is 16.7 Å². The smallest absolute Gasteiger partial charge is 0.231 e. The Morgan fingerprint density at radius 1 is 1.07 bits per heavy atom. The van der Waals surface area contributed by atoms with Gasteiger partial charge in [0.25, 0.3) is 0 Å². The Kier molecular flexibility index (Phi) is 3.98. The first-order chi connectivity index (χ1) is 13.2. The van der Waals surface area contributed by atoms with E-state index in [1.165, 1.54) is 35.2 Å². The molecule has 0 aliphatic carbocycles. The van der Waals surface area contributed by atoms with Gasteiger partial charge >= 0.3 is 0 Å². The Balaban J connectivity index is 1.46. The molecule has 0 unspecified atom stereocenters. The molecule has 136 valence electrons.